The number of ether oxygens (including phenoxy) is 1. The minimum absolute atomic E-state index is 0. The van der Waals surface area contributed by atoms with Gasteiger partial charge in [-0.3, -0.25) is 0 Å². The van der Waals surface area contributed by atoms with Crippen LogP contribution in [0.1, 0.15) is 44.5 Å². The van der Waals surface area contributed by atoms with Crippen molar-refractivity contribution in [2.24, 2.45) is 10.9 Å². The van der Waals surface area contributed by atoms with Crippen molar-refractivity contribution in [1.82, 2.24) is 15.6 Å². The van der Waals surface area contributed by atoms with E-state index in [9.17, 15) is 0 Å². The third kappa shape index (κ3) is 9.80. The molecule has 1 aromatic heterocycles. The molecule has 0 atom stereocenters. The molecular weight excluding hydrogens is 407 g/mol. The molecule has 1 rings (SSSR count). The van der Waals surface area contributed by atoms with E-state index in [1.165, 1.54) is 0 Å². The number of rotatable bonds is 9. The van der Waals surface area contributed by atoms with Crippen molar-refractivity contribution in [3.63, 3.8) is 0 Å². The van der Waals surface area contributed by atoms with Gasteiger partial charge in [0.1, 0.15) is 12.3 Å². The quantitative estimate of drug-likeness (QED) is 0.269. The highest BCUT2D eigenvalue weighted by Crippen LogP contribution is 2.08. The van der Waals surface area contributed by atoms with Crippen LogP contribution >= 0.6 is 24.0 Å². The van der Waals surface area contributed by atoms with Gasteiger partial charge < -0.3 is 19.8 Å². The van der Waals surface area contributed by atoms with Gasteiger partial charge in [-0.25, -0.2) is 9.98 Å². The number of guanidine groups is 1. The molecule has 7 heteroatoms. The third-order valence-electron chi connectivity index (χ3n) is 3.17. The summed E-state index contributed by atoms with van der Waals surface area (Å²) in [4.78, 5) is 8.79. The molecule has 0 bridgehead atoms. The van der Waals surface area contributed by atoms with E-state index in [0.717, 1.165) is 43.5 Å². The second-order valence-corrected chi connectivity index (χ2v) is 5.67. The normalized spacial score (nSPS) is 11.5. The van der Waals surface area contributed by atoms with E-state index in [1.54, 1.807) is 0 Å². The zero-order valence-corrected chi connectivity index (χ0v) is 17.3. The lowest BCUT2D eigenvalue weighted by Crippen LogP contribution is -2.39. The van der Waals surface area contributed by atoms with Gasteiger partial charge in [0.25, 0.3) is 0 Å². The molecule has 134 valence electrons. The Labute approximate surface area is 156 Å². The van der Waals surface area contributed by atoms with E-state index >= 15 is 0 Å². The molecule has 1 heterocycles. The van der Waals surface area contributed by atoms with Crippen LogP contribution in [-0.2, 0) is 11.3 Å². The second kappa shape index (κ2) is 12.6. The average Bonchev–Trinajstić information content (AvgIpc) is 2.78. The summed E-state index contributed by atoms with van der Waals surface area (Å²) in [6, 6.07) is 0. The summed E-state index contributed by atoms with van der Waals surface area (Å²) in [6.45, 7) is 13.7. The van der Waals surface area contributed by atoms with Crippen LogP contribution in [0.5, 0.6) is 0 Å². The van der Waals surface area contributed by atoms with Crippen LogP contribution in [-0.4, -0.2) is 37.2 Å². The van der Waals surface area contributed by atoms with E-state index in [4.69, 9.17) is 9.15 Å². The molecule has 6 nitrogen and oxygen atoms in total. The van der Waals surface area contributed by atoms with Crippen LogP contribution in [0.15, 0.2) is 9.41 Å². The lowest BCUT2D eigenvalue weighted by Gasteiger charge is -2.11. The van der Waals surface area contributed by atoms with Gasteiger partial charge in [-0.2, -0.15) is 0 Å². The molecule has 0 aliphatic heterocycles. The molecule has 1 aromatic rings. The first-order chi connectivity index (χ1) is 10.5. The summed E-state index contributed by atoms with van der Waals surface area (Å²) < 4.78 is 11.1. The Hall–Kier alpha value is -0.830. The molecule has 0 saturated heterocycles. The number of aromatic nitrogens is 1. The second-order valence-electron chi connectivity index (χ2n) is 5.67. The smallest absolute Gasteiger partial charge is 0.216 e. The molecule has 2 N–H and O–H groups in total. The number of nitrogens with zero attached hydrogens (tertiary/aromatic N) is 2. The maximum absolute atomic E-state index is 5.58. The van der Waals surface area contributed by atoms with E-state index < -0.39 is 0 Å². The fraction of sp³-hybridized carbons (Fsp3) is 0.750. The summed E-state index contributed by atoms with van der Waals surface area (Å²) in [7, 11) is 0. The number of nitrogens with one attached hydrogen (secondary N) is 2. The Morgan fingerprint density at radius 3 is 2.57 bits per heavy atom. The molecule has 0 fully saturated rings. The van der Waals surface area contributed by atoms with Crippen molar-refractivity contribution >= 4 is 29.9 Å². The standard InChI is InChI=1S/C16H30N4O2.HI/c1-6-17-16(18-8-10-21-9-7-12(2)3)19-11-15-20-13(4)14(5)22-15;/h12H,6-11H2,1-5H3,(H2,17,18,19);1H. The molecular formula is C16H31IN4O2. The average molecular weight is 438 g/mol. The SMILES string of the molecule is CCNC(=NCc1nc(C)c(C)o1)NCCOCCC(C)C.I. The van der Waals surface area contributed by atoms with Crippen molar-refractivity contribution in [3.8, 4) is 0 Å². The van der Waals surface area contributed by atoms with Crippen molar-refractivity contribution in [2.45, 2.75) is 47.6 Å². The van der Waals surface area contributed by atoms with Gasteiger partial charge in [0.2, 0.25) is 5.89 Å². The van der Waals surface area contributed by atoms with Gasteiger partial charge in [0.05, 0.1) is 12.3 Å². The molecule has 0 aliphatic carbocycles. The largest absolute Gasteiger partial charge is 0.444 e. The number of hydrogen-bond donors (Lipinski definition) is 2. The Kier molecular flexibility index (Phi) is 12.1. The molecule has 0 amide bonds. The van der Waals surface area contributed by atoms with Crippen LogP contribution < -0.4 is 10.6 Å². The molecule has 0 aliphatic rings. The predicted octanol–water partition coefficient (Wildman–Crippen LogP) is 3.03. The van der Waals surface area contributed by atoms with Gasteiger partial charge in [-0.1, -0.05) is 13.8 Å². The van der Waals surface area contributed by atoms with E-state index in [-0.39, 0.29) is 24.0 Å². The van der Waals surface area contributed by atoms with E-state index in [2.05, 4.69) is 34.5 Å². The Morgan fingerprint density at radius 1 is 1.26 bits per heavy atom. The van der Waals surface area contributed by atoms with Gasteiger partial charge in [-0.05, 0) is 33.1 Å². The fourth-order valence-electron chi connectivity index (χ4n) is 1.76. The zero-order valence-electron chi connectivity index (χ0n) is 14.9. The van der Waals surface area contributed by atoms with Gasteiger partial charge in [0.15, 0.2) is 5.96 Å². The topological polar surface area (TPSA) is 71.7 Å². The van der Waals surface area contributed by atoms with Gasteiger partial charge in [-0.15, -0.1) is 24.0 Å². The van der Waals surface area contributed by atoms with Gasteiger partial charge in [0, 0.05) is 19.7 Å². The van der Waals surface area contributed by atoms with E-state index in [1.807, 2.05) is 20.8 Å². The highest BCUT2D eigenvalue weighted by atomic mass is 127. The Balaban J connectivity index is 0.00000484. The molecule has 0 radical (unpaired) electrons. The predicted molar refractivity (Wildman–Crippen MR) is 104 cm³/mol. The van der Waals surface area contributed by atoms with Crippen LogP contribution in [0.2, 0.25) is 0 Å². The Bertz CT molecular complexity index is 441. The molecule has 0 spiro atoms. The fourth-order valence-corrected chi connectivity index (χ4v) is 1.76. The summed E-state index contributed by atoms with van der Waals surface area (Å²) >= 11 is 0. The highest BCUT2D eigenvalue weighted by Gasteiger charge is 2.05. The number of aryl methyl sites for hydroxylation is 2. The summed E-state index contributed by atoms with van der Waals surface area (Å²) in [6.07, 6.45) is 1.09. The summed E-state index contributed by atoms with van der Waals surface area (Å²) in [5.41, 5.74) is 0.918. The van der Waals surface area contributed by atoms with Crippen LogP contribution in [0.25, 0.3) is 0 Å². The van der Waals surface area contributed by atoms with Crippen molar-refractivity contribution in [3.05, 3.63) is 17.3 Å². The number of hydrogen-bond acceptors (Lipinski definition) is 4. The molecule has 0 aromatic carbocycles. The Morgan fingerprint density at radius 2 is 2.00 bits per heavy atom. The lowest BCUT2D eigenvalue weighted by molar-refractivity contribution is 0.128. The minimum Gasteiger partial charge on any atom is -0.444 e. The van der Waals surface area contributed by atoms with Gasteiger partial charge >= 0.3 is 0 Å². The number of aliphatic imine (C=N–C) groups is 1. The maximum Gasteiger partial charge on any atom is 0.216 e. The first-order valence-electron chi connectivity index (χ1n) is 8.05. The van der Waals surface area contributed by atoms with E-state index in [0.29, 0.717) is 25.0 Å². The summed E-state index contributed by atoms with van der Waals surface area (Å²) in [5.74, 6) is 2.92. The third-order valence-corrected chi connectivity index (χ3v) is 3.17. The summed E-state index contributed by atoms with van der Waals surface area (Å²) in [5, 5.41) is 6.44. The molecule has 0 saturated carbocycles. The minimum atomic E-state index is 0. The first kappa shape index (κ1) is 22.2. The monoisotopic (exact) mass is 438 g/mol. The van der Waals surface area contributed by atoms with Crippen molar-refractivity contribution in [2.75, 3.05) is 26.3 Å². The molecule has 23 heavy (non-hydrogen) atoms. The number of oxazole rings is 1. The number of halogens is 1. The first-order valence-corrected chi connectivity index (χ1v) is 8.05. The van der Waals surface area contributed by atoms with Crippen LogP contribution in [0.4, 0.5) is 0 Å². The van der Waals surface area contributed by atoms with Crippen LogP contribution in [0, 0.1) is 19.8 Å². The van der Waals surface area contributed by atoms with Crippen molar-refractivity contribution < 1.29 is 9.15 Å². The van der Waals surface area contributed by atoms with Crippen molar-refractivity contribution in [1.29, 1.82) is 0 Å². The lowest BCUT2D eigenvalue weighted by atomic mass is 10.1. The highest BCUT2D eigenvalue weighted by molar-refractivity contribution is 14.0. The zero-order chi connectivity index (χ0) is 16.4. The molecule has 0 unspecified atom stereocenters. The maximum atomic E-state index is 5.58. The van der Waals surface area contributed by atoms with Crippen LogP contribution in [0.3, 0.4) is 0 Å².